The van der Waals surface area contributed by atoms with E-state index < -0.39 is 5.41 Å². The predicted octanol–water partition coefficient (Wildman–Crippen LogP) is 4.52. The highest BCUT2D eigenvalue weighted by atomic mass is 32.1. The van der Waals surface area contributed by atoms with E-state index in [0.29, 0.717) is 6.42 Å². The molecule has 118 valence electrons. The average Bonchev–Trinajstić information content (AvgIpc) is 3.02. The molecule has 0 saturated heterocycles. The second-order valence-electron chi connectivity index (χ2n) is 7.20. The number of benzene rings is 1. The molecule has 1 aliphatic heterocycles. The summed E-state index contributed by atoms with van der Waals surface area (Å²) in [4.78, 5) is 18.6. The molecule has 4 rings (SSSR count). The molecular formula is C19H20N2OS. The van der Waals surface area contributed by atoms with Gasteiger partial charge in [0.05, 0.1) is 15.8 Å². The Labute approximate surface area is 140 Å². The number of nitrogens with zero attached hydrogens (tertiary/aromatic N) is 1. The number of ketones is 1. The van der Waals surface area contributed by atoms with Gasteiger partial charge in [-0.3, -0.25) is 4.79 Å². The lowest BCUT2D eigenvalue weighted by molar-refractivity contribution is -0.117. The molecule has 1 atom stereocenters. The van der Waals surface area contributed by atoms with Crippen molar-refractivity contribution < 1.29 is 4.79 Å². The lowest BCUT2D eigenvalue weighted by Gasteiger charge is -2.45. The maximum atomic E-state index is 12.9. The summed E-state index contributed by atoms with van der Waals surface area (Å²) in [5.74, 6) is 1.17. The Bertz CT molecular complexity index is 819. The third-order valence-corrected chi connectivity index (χ3v) is 6.35. The number of Topliss-reactive ketones (excluding diaryl/α,β-unsaturated/α-hetero) is 1. The molecule has 1 unspecified atom stereocenters. The van der Waals surface area contributed by atoms with E-state index >= 15 is 0 Å². The number of carbonyl (C=O) groups is 1. The molecule has 0 radical (unpaired) electrons. The van der Waals surface area contributed by atoms with Crippen molar-refractivity contribution in [1.29, 1.82) is 0 Å². The van der Waals surface area contributed by atoms with Gasteiger partial charge in [-0.15, -0.1) is 11.3 Å². The fourth-order valence-corrected chi connectivity index (χ4v) is 4.82. The Kier molecular flexibility index (Phi) is 3.04. The second kappa shape index (κ2) is 4.78. The normalized spacial score (nSPS) is 25.6. The van der Waals surface area contributed by atoms with Crippen molar-refractivity contribution in [2.75, 3.05) is 5.32 Å². The van der Waals surface area contributed by atoms with Crippen LogP contribution in [0.3, 0.4) is 0 Å². The number of allylic oxidation sites excluding steroid dienone is 2. The zero-order valence-electron chi connectivity index (χ0n) is 13.6. The van der Waals surface area contributed by atoms with E-state index in [2.05, 4.69) is 43.2 Å². The van der Waals surface area contributed by atoms with Crippen molar-refractivity contribution in [3.8, 4) is 0 Å². The monoisotopic (exact) mass is 324 g/mol. The predicted molar refractivity (Wildman–Crippen MR) is 93.7 cm³/mol. The van der Waals surface area contributed by atoms with Gasteiger partial charge in [0.25, 0.3) is 0 Å². The third-order valence-electron chi connectivity index (χ3n) is 5.30. The summed E-state index contributed by atoms with van der Waals surface area (Å²) in [6.45, 7) is 6.60. The van der Waals surface area contributed by atoms with E-state index in [4.69, 9.17) is 0 Å². The first-order chi connectivity index (χ1) is 10.9. The largest absolute Gasteiger partial charge is 0.342 e. The van der Waals surface area contributed by atoms with Crippen molar-refractivity contribution in [3.63, 3.8) is 0 Å². The molecule has 0 saturated carbocycles. The number of anilines is 1. The van der Waals surface area contributed by atoms with Crippen LogP contribution in [0.2, 0.25) is 0 Å². The number of thiazole rings is 1. The van der Waals surface area contributed by atoms with Crippen LogP contribution >= 0.6 is 11.3 Å². The van der Waals surface area contributed by atoms with Gasteiger partial charge < -0.3 is 5.32 Å². The smallest absolute Gasteiger partial charge is 0.161 e. The van der Waals surface area contributed by atoms with Gasteiger partial charge in [-0.1, -0.05) is 44.2 Å². The van der Waals surface area contributed by atoms with E-state index in [9.17, 15) is 4.79 Å². The zero-order chi connectivity index (χ0) is 16.2. The van der Waals surface area contributed by atoms with Crippen LogP contribution in [-0.2, 0) is 10.2 Å². The van der Waals surface area contributed by atoms with Gasteiger partial charge in [0.1, 0.15) is 5.82 Å². The van der Waals surface area contributed by atoms with Crippen LogP contribution < -0.4 is 5.32 Å². The lowest BCUT2D eigenvalue weighted by Crippen LogP contribution is -2.42. The minimum absolute atomic E-state index is 0.0411. The van der Waals surface area contributed by atoms with Crippen LogP contribution in [0.5, 0.6) is 0 Å². The standard InChI is InChI=1S/C19H20N2OS/c1-18(2)10-9-13(22)14-15(18)21-17-16(23-11-20-17)19(14,3)12-7-5-4-6-8-12/h4-8,11,21H,9-10H2,1-3H3. The molecule has 1 aliphatic carbocycles. The summed E-state index contributed by atoms with van der Waals surface area (Å²) in [5.41, 5.74) is 4.54. The molecule has 1 aromatic heterocycles. The van der Waals surface area contributed by atoms with Gasteiger partial charge in [-0.25, -0.2) is 4.98 Å². The zero-order valence-corrected chi connectivity index (χ0v) is 14.5. The van der Waals surface area contributed by atoms with Crippen LogP contribution in [0.15, 0.2) is 47.1 Å². The molecule has 3 nitrogen and oxygen atoms in total. The van der Waals surface area contributed by atoms with Gasteiger partial charge in [0.15, 0.2) is 5.78 Å². The Morgan fingerprint density at radius 3 is 2.65 bits per heavy atom. The summed E-state index contributed by atoms with van der Waals surface area (Å²) in [6.07, 6.45) is 1.49. The summed E-state index contributed by atoms with van der Waals surface area (Å²) in [5, 5.41) is 3.48. The highest BCUT2D eigenvalue weighted by Gasteiger charge is 2.49. The van der Waals surface area contributed by atoms with Crippen molar-refractivity contribution in [1.82, 2.24) is 4.98 Å². The van der Waals surface area contributed by atoms with E-state index in [1.807, 2.05) is 23.7 Å². The van der Waals surface area contributed by atoms with E-state index in [1.54, 1.807) is 11.3 Å². The second-order valence-corrected chi connectivity index (χ2v) is 8.06. The molecule has 23 heavy (non-hydrogen) atoms. The molecule has 4 heteroatoms. The molecule has 0 fully saturated rings. The van der Waals surface area contributed by atoms with Gasteiger partial charge in [-0.05, 0) is 18.9 Å². The minimum atomic E-state index is -0.423. The lowest BCUT2D eigenvalue weighted by atomic mass is 9.63. The van der Waals surface area contributed by atoms with Crippen LogP contribution in [0.4, 0.5) is 5.82 Å². The number of aromatic nitrogens is 1. The topological polar surface area (TPSA) is 42.0 Å². The Morgan fingerprint density at radius 1 is 1.17 bits per heavy atom. The molecule has 1 N–H and O–H groups in total. The van der Waals surface area contributed by atoms with E-state index in [-0.39, 0.29) is 11.2 Å². The van der Waals surface area contributed by atoms with Crippen LogP contribution in [0.1, 0.15) is 44.1 Å². The van der Waals surface area contributed by atoms with Crippen molar-refractivity contribution in [3.05, 3.63) is 57.6 Å². The van der Waals surface area contributed by atoms with Crippen LogP contribution in [0.25, 0.3) is 0 Å². The number of nitrogens with one attached hydrogen (secondary N) is 1. The number of carbonyl (C=O) groups excluding carboxylic acids is 1. The first kappa shape index (κ1) is 14.6. The average molecular weight is 324 g/mol. The van der Waals surface area contributed by atoms with E-state index in [1.165, 1.54) is 0 Å². The molecule has 0 bridgehead atoms. The number of fused-ring (bicyclic) bond motifs is 1. The summed E-state index contributed by atoms with van der Waals surface area (Å²) >= 11 is 1.63. The number of rotatable bonds is 1. The van der Waals surface area contributed by atoms with Gasteiger partial charge in [-0.2, -0.15) is 0 Å². The highest BCUT2D eigenvalue weighted by molar-refractivity contribution is 7.10. The van der Waals surface area contributed by atoms with Gasteiger partial charge in [0.2, 0.25) is 0 Å². The highest BCUT2D eigenvalue weighted by Crippen LogP contribution is 2.54. The third kappa shape index (κ3) is 1.94. The quantitative estimate of drug-likeness (QED) is 0.838. The SMILES string of the molecule is CC1(C)CCC(=O)C2=C1Nc1ncsc1C2(C)c1ccccc1. The first-order valence-corrected chi connectivity index (χ1v) is 8.87. The Morgan fingerprint density at radius 2 is 1.91 bits per heavy atom. The molecule has 0 amide bonds. The van der Waals surface area contributed by atoms with Crippen molar-refractivity contribution >= 4 is 22.9 Å². The first-order valence-electron chi connectivity index (χ1n) is 7.99. The maximum absolute atomic E-state index is 12.9. The van der Waals surface area contributed by atoms with Crippen molar-refractivity contribution in [2.24, 2.45) is 5.41 Å². The fraction of sp³-hybridized carbons (Fsp3) is 0.368. The van der Waals surface area contributed by atoms with Gasteiger partial charge in [0, 0.05) is 23.1 Å². The summed E-state index contributed by atoms with van der Waals surface area (Å²) in [6, 6.07) is 10.3. The fourth-order valence-electron chi connectivity index (χ4n) is 3.88. The minimum Gasteiger partial charge on any atom is -0.342 e. The summed E-state index contributed by atoms with van der Waals surface area (Å²) in [7, 11) is 0. The summed E-state index contributed by atoms with van der Waals surface area (Å²) < 4.78 is 0. The molecule has 1 aromatic carbocycles. The molecule has 2 aliphatic rings. The van der Waals surface area contributed by atoms with Crippen LogP contribution in [-0.4, -0.2) is 10.8 Å². The Balaban J connectivity index is 2.06. The Hall–Kier alpha value is -1.94. The van der Waals surface area contributed by atoms with Crippen molar-refractivity contribution in [2.45, 2.75) is 39.0 Å². The number of hydrogen-bond donors (Lipinski definition) is 1. The molecule has 2 aromatic rings. The molecule has 0 spiro atoms. The van der Waals surface area contributed by atoms with Gasteiger partial charge >= 0.3 is 0 Å². The molecular weight excluding hydrogens is 304 g/mol. The number of hydrogen-bond acceptors (Lipinski definition) is 4. The molecule has 2 heterocycles. The maximum Gasteiger partial charge on any atom is 0.161 e. The van der Waals surface area contributed by atoms with E-state index in [0.717, 1.165) is 33.9 Å². The van der Waals surface area contributed by atoms with Crippen LogP contribution in [0, 0.1) is 5.41 Å².